The first kappa shape index (κ1) is 18.4. The van der Waals surface area contributed by atoms with Crippen molar-refractivity contribution < 1.29 is 18.3 Å². The van der Waals surface area contributed by atoms with Gasteiger partial charge in [-0.3, -0.25) is 0 Å². The van der Waals surface area contributed by atoms with Crippen molar-refractivity contribution in [2.75, 3.05) is 0 Å². The lowest BCUT2D eigenvalue weighted by Gasteiger charge is -2.33. The van der Waals surface area contributed by atoms with E-state index in [1.807, 2.05) is 0 Å². The number of benzene rings is 1. The largest absolute Gasteiger partial charge is 0.438 e. The van der Waals surface area contributed by atoms with E-state index in [0.717, 1.165) is 11.0 Å². The van der Waals surface area contributed by atoms with Gasteiger partial charge in [-0.25, -0.2) is 4.98 Å². The molecule has 28 heavy (non-hydrogen) atoms. The Hall–Kier alpha value is -2.99. The van der Waals surface area contributed by atoms with Gasteiger partial charge in [0.2, 0.25) is 0 Å². The van der Waals surface area contributed by atoms with Gasteiger partial charge >= 0.3 is 6.18 Å². The summed E-state index contributed by atoms with van der Waals surface area (Å²) in [6, 6.07) is 6.04. The first-order chi connectivity index (χ1) is 13.2. The van der Waals surface area contributed by atoms with E-state index in [-0.39, 0.29) is 23.8 Å². The first-order valence-electron chi connectivity index (χ1n) is 7.91. The van der Waals surface area contributed by atoms with Gasteiger partial charge in [0.25, 0.3) is 11.7 Å². The molecule has 13 heteroatoms. The molecule has 1 aromatic heterocycles. The highest BCUT2D eigenvalue weighted by molar-refractivity contribution is 6.30. The van der Waals surface area contributed by atoms with E-state index in [9.17, 15) is 18.3 Å². The molecule has 0 bridgehead atoms. The van der Waals surface area contributed by atoms with Gasteiger partial charge in [0.15, 0.2) is 0 Å². The van der Waals surface area contributed by atoms with E-state index in [1.165, 1.54) is 24.3 Å². The van der Waals surface area contributed by atoms with Crippen LogP contribution in [0.3, 0.4) is 0 Å². The smallest absolute Gasteiger partial charge is 0.385 e. The Labute approximate surface area is 160 Å². The monoisotopic (exact) mass is 412 g/mol. The minimum absolute atomic E-state index is 0.0120. The van der Waals surface area contributed by atoms with E-state index in [0.29, 0.717) is 15.6 Å². The van der Waals surface area contributed by atoms with Crippen LogP contribution >= 0.6 is 11.6 Å². The van der Waals surface area contributed by atoms with Crippen LogP contribution in [0.5, 0.6) is 0 Å². The maximum absolute atomic E-state index is 13.8. The van der Waals surface area contributed by atoms with Gasteiger partial charge in [-0.05, 0) is 17.7 Å². The average molecular weight is 413 g/mol. The van der Waals surface area contributed by atoms with Gasteiger partial charge in [-0.2, -0.15) is 33.1 Å². The molecule has 0 saturated carbocycles. The summed E-state index contributed by atoms with van der Waals surface area (Å²) in [7, 11) is 0. The van der Waals surface area contributed by atoms with Gasteiger partial charge in [0.1, 0.15) is 18.0 Å². The normalized spacial score (nSPS) is 22.3. The molecule has 0 aliphatic carbocycles. The lowest BCUT2D eigenvalue weighted by Crippen LogP contribution is -2.58. The minimum Gasteiger partial charge on any atom is -0.385 e. The molecule has 0 saturated heterocycles. The number of hydrogen-bond donors (Lipinski definition) is 2. The van der Waals surface area contributed by atoms with Crippen LogP contribution in [0.1, 0.15) is 17.8 Å². The van der Waals surface area contributed by atoms with Gasteiger partial charge in [-0.1, -0.05) is 23.7 Å². The van der Waals surface area contributed by atoms with Crippen LogP contribution in [-0.2, 0) is 6.42 Å². The topological polar surface area (TPSA) is 117 Å². The third kappa shape index (κ3) is 2.90. The van der Waals surface area contributed by atoms with Crippen molar-refractivity contribution in [3.05, 3.63) is 47.0 Å². The zero-order valence-corrected chi connectivity index (χ0v) is 14.7. The standard InChI is InChI=1S/C15H12ClF3N8O/c16-9-3-1-8(2-4-9)10-6-14(28,15(17,18)19)27(25-10)13-24-23-11(20)5-12-21-7-22-26(12)13/h1-4,7,28H,5-6H2,(H2,20,23)/t14-/m0/s1. The molecule has 2 aromatic rings. The molecule has 3 heterocycles. The second kappa shape index (κ2) is 6.27. The van der Waals surface area contributed by atoms with Crippen molar-refractivity contribution in [1.29, 1.82) is 0 Å². The summed E-state index contributed by atoms with van der Waals surface area (Å²) in [6.07, 6.45) is -4.73. The van der Waals surface area contributed by atoms with E-state index >= 15 is 0 Å². The summed E-state index contributed by atoms with van der Waals surface area (Å²) in [5.41, 5.74) is 2.66. The number of hydrogen-bond acceptors (Lipinski definition) is 8. The van der Waals surface area contributed by atoms with Gasteiger partial charge in [-0.15, -0.1) is 10.2 Å². The third-order valence-electron chi connectivity index (χ3n) is 4.22. The number of alkyl halides is 3. The van der Waals surface area contributed by atoms with Crippen molar-refractivity contribution in [3.63, 3.8) is 0 Å². The quantitative estimate of drug-likeness (QED) is 0.732. The fourth-order valence-corrected chi connectivity index (χ4v) is 2.94. The minimum atomic E-state index is -5.06. The molecule has 0 fully saturated rings. The van der Waals surface area contributed by atoms with E-state index in [4.69, 9.17) is 17.3 Å². The van der Waals surface area contributed by atoms with Gasteiger partial charge in [0.05, 0.1) is 18.6 Å². The zero-order chi connectivity index (χ0) is 20.1. The number of hydrazone groups is 1. The number of rotatable bonds is 1. The van der Waals surface area contributed by atoms with Crippen molar-refractivity contribution in [2.24, 2.45) is 21.0 Å². The summed E-state index contributed by atoms with van der Waals surface area (Å²) in [5.74, 6) is -0.241. The van der Waals surface area contributed by atoms with Crippen LogP contribution < -0.4 is 5.73 Å². The summed E-state index contributed by atoms with van der Waals surface area (Å²) in [5, 5.41) is 26.6. The fraction of sp³-hybridized carbons (Fsp3) is 0.267. The number of fused-ring (bicyclic) bond motifs is 1. The molecule has 2 aliphatic rings. The van der Waals surface area contributed by atoms with E-state index in [1.54, 1.807) is 0 Å². The molecule has 0 radical (unpaired) electrons. The molecule has 0 spiro atoms. The predicted octanol–water partition coefficient (Wildman–Crippen LogP) is 1.32. The average Bonchev–Trinajstić information content (AvgIpc) is 3.18. The number of nitrogens with two attached hydrogens (primary N) is 1. The summed E-state index contributed by atoms with van der Waals surface area (Å²) < 4.78 is 42.5. The number of nitrogens with zero attached hydrogens (tertiary/aromatic N) is 7. The van der Waals surface area contributed by atoms with Crippen molar-refractivity contribution >= 4 is 29.1 Å². The summed E-state index contributed by atoms with van der Waals surface area (Å²) >= 11 is 5.83. The molecule has 146 valence electrons. The van der Waals surface area contributed by atoms with Crippen molar-refractivity contribution in [1.82, 2.24) is 19.8 Å². The Morgan fingerprint density at radius 3 is 2.57 bits per heavy atom. The Morgan fingerprint density at radius 1 is 1.18 bits per heavy atom. The molecular formula is C15H12ClF3N8O. The maximum Gasteiger partial charge on any atom is 0.438 e. The molecule has 3 N–H and O–H groups in total. The molecule has 2 aliphatic heterocycles. The van der Waals surface area contributed by atoms with Crippen LogP contribution in [0.4, 0.5) is 13.2 Å². The highest BCUT2D eigenvalue weighted by Crippen LogP contribution is 2.41. The van der Waals surface area contributed by atoms with Gasteiger partial charge < -0.3 is 10.8 Å². The zero-order valence-electron chi connectivity index (χ0n) is 14.0. The molecule has 1 aromatic carbocycles. The number of aliphatic hydroxyl groups is 1. The Balaban J connectivity index is 1.85. The van der Waals surface area contributed by atoms with Crippen LogP contribution in [0, 0.1) is 0 Å². The van der Waals surface area contributed by atoms with Crippen LogP contribution in [0.25, 0.3) is 0 Å². The van der Waals surface area contributed by atoms with E-state index < -0.39 is 24.3 Å². The van der Waals surface area contributed by atoms with Crippen LogP contribution in [0.15, 0.2) is 45.9 Å². The predicted molar refractivity (Wildman–Crippen MR) is 93.6 cm³/mol. The number of aromatic nitrogens is 3. The van der Waals surface area contributed by atoms with Gasteiger partial charge in [0, 0.05) is 5.02 Å². The third-order valence-corrected chi connectivity index (χ3v) is 4.47. The molecule has 0 unspecified atom stereocenters. The molecule has 9 nitrogen and oxygen atoms in total. The number of halogens is 4. The highest BCUT2D eigenvalue weighted by Gasteiger charge is 2.63. The Bertz CT molecular complexity index is 1010. The Morgan fingerprint density at radius 2 is 1.89 bits per heavy atom. The summed E-state index contributed by atoms with van der Waals surface area (Å²) in [4.78, 5) is 3.94. The Kier molecular flexibility index (Phi) is 4.12. The second-order valence-electron chi connectivity index (χ2n) is 6.11. The second-order valence-corrected chi connectivity index (χ2v) is 6.55. The maximum atomic E-state index is 13.8. The SMILES string of the molecule is NC1=NN=C(N2N=C(c3ccc(Cl)cc3)C[C@]2(O)C(F)(F)F)n2ncnc2C1. The molecule has 0 amide bonds. The van der Waals surface area contributed by atoms with E-state index in [2.05, 4.69) is 25.4 Å². The first-order valence-corrected chi connectivity index (χ1v) is 8.29. The lowest BCUT2D eigenvalue weighted by atomic mass is 10.0. The fourth-order valence-electron chi connectivity index (χ4n) is 2.81. The van der Waals surface area contributed by atoms with Crippen LogP contribution in [-0.4, -0.2) is 54.3 Å². The van der Waals surface area contributed by atoms with Crippen molar-refractivity contribution in [3.8, 4) is 0 Å². The van der Waals surface area contributed by atoms with Crippen molar-refractivity contribution in [2.45, 2.75) is 24.7 Å². The summed E-state index contributed by atoms with van der Waals surface area (Å²) in [6.45, 7) is 0. The molecule has 4 rings (SSSR count). The molecular weight excluding hydrogens is 401 g/mol. The lowest BCUT2D eigenvalue weighted by molar-refractivity contribution is -0.295. The molecule has 1 atom stereocenters. The van der Waals surface area contributed by atoms with Crippen LogP contribution in [0.2, 0.25) is 5.02 Å². The number of amidine groups is 1. The highest BCUT2D eigenvalue weighted by atomic mass is 35.5.